The van der Waals surface area contributed by atoms with E-state index in [2.05, 4.69) is 52.9 Å². The Hall–Kier alpha value is -2.25. The van der Waals surface area contributed by atoms with Gasteiger partial charge in [-0.15, -0.1) is 0 Å². The van der Waals surface area contributed by atoms with Gasteiger partial charge in [-0.05, 0) is 56.2 Å². The minimum absolute atomic E-state index is 0.679. The molecule has 2 heterocycles. The van der Waals surface area contributed by atoms with E-state index in [0.29, 0.717) is 6.61 Å². The lowest BCUT2D eigenvalue weighted by Gasteiger charge is -2.37. The van der Waals surface area contributed by atoms with Crippen molar-refractivity contribution in [3.8, 4) is 5.75 Å². The molecule has 0 saturated carbocycles. The van der Waals surface area contributed by atoms with E-state index < -0.39 is 0 Å². The number of aromatic nitrogens is 2. The van der Waals surface area contributed by atoms with E-state index in [-0.39, 0.29) is 0 Å². The number of imidazole rings is 1. The van der Waals surface area contributed by atoms with Gasteiger partial charge in [-0.25, -0.2) is 4.98 Å². The second kappa shape index (κ2) is 9.27. The summed E-state index contributed by atoms with van der Waals surface area (Å²) in [5.41, 5.74) is 5.85. The van der Waals surface area contributed by atoms with Crippen LogP contribution in [0.4, 0.5) is 5.69 Å². The van der Waals surface area contributed by atoms with Crippen molar-refractivity contribution in [2.24, 2.45) is 0 Å². The van der Waals surface area contributed by atoms with Crippen LogP contribution in [0.2, 0.25) is 0 Å². The topological polar surface area (TPSA) is 44.4 Å². The molecule has 1 aliphatic rings. The number of hydrogen-bond donors (Lipinski definition) is 1. The number of aryl methyl sites for hydroxylation is 2. The molecule has 4 rings (SSSR count). The molecule has 2 aromatic carbocycles. The zero-order valence-electron chi connectivity index (χ0n) is 17.8. The Balaban J connectivity index is 1.33. The fourth-order valence-electron chi connectivity index (χ4n) is 3.74. The lowest BCUT2D eigenvalue weighted by Crippen LogP contribution is -2.47. The van der Waals surface area contributed by atoms with Crippen LogP contribution < -0.4 is 9.64 Å². The monoisotopic (exact) mass is 440 g/mol. The molecular weight excluding hydrogens is 412 g/mol. The number of aromatic amines is 1. The first kappa shape index (κ1) is 21.0. The average Bonchev–Trinajstić information content (AvgIpc) is 3.14. The summed E-state index contributed by atoms with van der Waals surface area (Å²) in [5.74, 6) is 2.70. The lowest BCUT2D eigenvalue weighted by molar-refractivity contribution is 0.337. The SMILES string of the molecule is CCOc1ccccc1N1CCN(C(=S)SCc2nc3cc(C)c(C)cc3[nH]2)CC1. The third-order valence-corrected chi connectivity index (χ3v) is 7.06. The molecule has 1 aliphatic heterocycles. The molecule has 0 amide bonds. The highest BCUT2D eigenvalue weighted by Gasteiger charge is 2.21. The van der Waals surface area contributed by atoms with E-state index in [0.717, 1.165) is 58.9 Å². The number of para-hydroxylation sites is 2. The molecule has 5 nitrogen and oxygen atoms in total. The van der Waals surface area contributed by atoms with Crippen molar-refractivity contribution in [1.82, 2.24) is 14.9 Å². The molecule has 0 unspecified atom stereocenters. The van der Waals surface area contributed by atoms with Crippen LogP contribution in [0.25, 0.3) is 11.0 Å². The fourth-order valence-corrected chi connectivity index (χ4v) is 4.86. The van der Waals surface area contributed by atoms with Crippen LogP contribution in [-0.4, -0.2) is 52.0 Å². The maximum Gasteiger partial charge on any atom is 0.142 e. The molecule has 1 aromatic heterocycles. The van der Waals surface area contributed by atoms with Crippen molar-refractivity contribution >= 4 is 45.0 Å². The van der Waals surface area contributed by atoms with Crippen LogP contribution in [0, 0.1) is 13.8 Å². The van der Waals surface area contributed by atoms with E-state index >= 15 is 0 Å². The van der Waals surface area contributed by atoms with Crippen LogP contribution >= 0.6 is 24.0 Å². The number of ether oxygens (including phenoxy) is 1. The molecule has 0 spiro atoms. The van der Waals surface area contributed by atoms with Gasteiger partial charge in [0.2, 0.25) is 0 Å². The molecule has 0 atom stereocenters. The van der Waals surface area contributed by atoms with Gasteiger partial charge in [0.1, 0.15) is 15.9 Å². The lowest BCUT2D eigenvalue weighted by atomic mass is 10.1. The Bertz CT molecular complexity index is 1000. The van der Waals surface area contributed by atoms with E-state index in [4.69, 9.17) is 21.9 Å². The first-order chi connectivity index (χ1) is 14.5. The van der Waals surface area contributed by atoms with Crippen molar-refractivity contribution in [3.63, 3.8) is 0 Å². The van der Waals surface area contributed by atoms with Crippen LogP contribution in [0.3, 0.4) is 0 Å². The highest BCUT2D eigenvalue weighted by Crippen LogP contribution is 2.29. The minimum Gasteiger partial charge on any atom is -0.492 e. The largest absolute Gasteiger partial charge is 0.492 e. The number of H-pyrrole nitrogens is 1. The van der Waals surface area contributed by atoms with Gasteiger partial charge in [0, 0.05) is 26.2 Å². The first-order valence-electron chi connectivity index (χ1n) is 10.4. The number of piperazine rings is 1. The van der Waals surface area contributed by atoms with E-state index in [9.17, 15) is 0 Å². The van der Waals surface area contributed by atoms with E-state index in [1.165, 1.54) is 16.8 Å². The number of hydrogen-bond acceptors (Lipinski definition) is 5. The third kappa shape index (κ3) is 4.57. The maximum atomic E-state index is 5.80. The number of fused-ring (bicyclic) bond motifs is 1. The van der Waals surface area contributed by atoms with Gasteiger partial charge in [0.05, 0.1) is 29.1 Å². The van der Waals surface area contributed by atoms with Crippen molar-refractivity contribution in [2.45, 2.75) is 26.5 Å². The quantitative estimate of drug-likeness (QED) is 0.568. The number of nitrogens with zero attached hydrogens (tertiary/aromatic N) is 3. The Labute approximate surface area is 187 Å². The van der Waals surface area contributed by atoms with Gasteiger partial charge >= 0.3 is 0 Å². The van der Waals surface area contributed by atoms with Gasteiger partial charge in [0.25, 0.3) is 0 Å². The summed E-state index contributed by atoms with van der Waals surface area (Å²) >= 11 is 7.41. The second-order valence-electron chi connectivity index (χ2n) is 7.57. The van der Waals surface area contributed by atoms with Crippen molar-refractivity contribution < 1.29 is 4.74 Å². The minimum atomic E-state index is 0.679. The molecular formula is C23H28N4OS2. The van der Waals surface area contributed by atoms with Crippen LogP contribution in [0.5, 0.6) is 5.75 Å². The van der Waals surface area contributed by atoms with Gasteiger partial charge in [-0.3, -0.25) is 0 Å². The van der Waals surface area contributed by atoms with E-state index in [1.54, 1.807) is 11.8 Å². The predicted octanol–water partition coefficient (Wildman–Crippen LogP) is 4.92. The number of rotatable bonds is 5. The molecule has 0 radical (unpaired) electrons. The normalized spacial score (nSPS) is 14.4. The zero-order chi connectivity index (χ0) is 21.1. The molecule has 1 N–H and O–H groups in total. The number of thiocarbonyl (C=S) groups is 1. The van der Waals surface area contributed by atoms with Crippen molar-refractivity contribution in [1.29, 1.82) is 0 Å². The van der Waals surface area contributed by atoms with Crippen molar-refractivity contribution in [3.05, 3.63) is 53.3 Å². The molecule has 1 saturated heterocycles. The molecule has 0 aliphatic carbocycles. The Morgan fingerprint density at radius 1 is 1.13 bits per heavy atom. The fraction of sp³-hybridized carbons (Fsp3) is 0.391. The van der Waals surface area contributed by atoms with E-state index in [1.807, 2.05) is 19.1 Å². The molecule has 1 fully saturated rings. The van der Waals surface area contributed by atoms with Crippen LogP contribution in [0.1, 0.15) is 23.9 Å². The summed E-state index contributed by atoms with van der Waals surface area (Å²) in [7, 11) is 0. The van der Waals surface area contributed by atoms with Gasteiger partial charge in [-0.1, -0.05) is 36.1 Å². The van der Waals surface area contributed by atoms with Crippen LogP contribution in [-0.2, 0) is 5.75 Å². The van der Waals surface area contributed by atoms with Crippen LogP contribution in [0.15, 0.2) is 36.4 Å². The summed E-state index contributed by atoms with van der Waals surface area (Å²) in [5, 5.41) is 0. The maximum absolute atomic E-state index is 5.80. The Kier molecular flexibility index (Phi) is 6.49. The summed E-state index contributed by atoms with van der Waals surface area (Å²) in [6, 6.07) is 12.6. The predicted molar refractivity (Wildman–Crippen MR) is 131 cm³/mol. The van der Waals surface area contributed by atoms with Gasteiger partial charge < -0.3 is 19.5 Å². The molecule has 0 bridgehead atoms. The molecule has 3 aromatic rings. The molecule has 30 heavy (non-hydrogen) atoms. The zero-order valence-corrected chi connectivity index (χ0v) is 19.4. The molecule has 158 valence electrons. The summed E-state index contributed by atoms with van der Waals surface area (Å²) in [6.45, 7) is 10.7. The number of thioether (sulfide) groups is 1. The second-order valence-corrected chi connectivity index (χ2v) is 9.18. The van der Waals surface area contributed by atoms with Gasteiger partial charge in [0.15, 0.2) is 0 Å². The molecule has 7 heteroatoms. The standard InChI is InChI=1S/C23H28N4OS2/c1-4-28-21-8-6-5-7-20(21)26-9-11-27(12-10-26)23(29)30-15-22-24-18-13-16(2)17(3)14-19(18)25-22/h5-8,13-14H,4,9-12,15H2,1-3H3,(H,24,25). The number of nitrogens with one attached hydrogen (secondary N) is 1. The first-order valence-corrected chi connectivity index (χ1v) is 11.8. The number of benzene rings is 2. The number of anilines is 1. The Morgan fingerprint density at radius 3 is 2.63 bits per heavy atom. The highest BCUT2D eigenvalue weighted by molar-refractivity contribution is 8.22. The smallest absolute Gasteiger partial charge is 0.142 e. The summed E-state index contributed by atoms with van der Waals surface area (Å²) in [4.78, 5) is 12.9. The Morgan fingerprint density at radius 2 is 1.87 bits per heavy atom. The highest BCUT2D eigenvalue weighted by atomic mass is 32.2. The summed E-state index contributed by atoms with van der Waals surface area (Å²) < 4.78 is 6.74. The van der Waals surface area contributed by atoms with Gasteiger partial charge in [-0.2, -0.15) is 0 Å². The average molecular weight is 441 g/mol. The third-order valence-electron chi connectivity index (χ3n) is 5.52. The summed E-state index contributed by atoms with van der Waals surface area (Å²) in [6.07, 6.45) is 0. The van der Waals surface area contributed by atoms with Crippen molar-refractivity contribution in [2.75, 3.05) is 37.7 Å².